The summed E-state index contributed by atoms with van der Waals surface area (Å²) in [4.78, 5) is 24.5. The minimum absolute atomic E-state index is 0.0874. The summed E-state index contributed by atoms with van der Waals surface area (Å²) in [5, 5.41) is 0. The first-order valence-electron chi connectivity index (χ1n) is 9.84. The van der Waals surface area contributed by atoms with Crippen LogP contribution >= 0.6 is 7.60 Å². The topological polar surface area (TPSA) is 97.4 Å². The predicted octanol–water partition coefficient (Wildman–Crippen LogP) is 4.17. The summed E-state index contributed by atoms with van der Waals surface area (Å²) in [7, 11) is 0.526. The normalized spacial score (nSPS) is 13.2. The first kappa shape index (κ1) is 27.0. The molecule has 8 nitrogen and oxygen atoms in total. The maximum atomic E-state index is 12.7. The summed E-state index contributed by atoms with van der Waals surface area (Å²) in [5.74, 6) is -0.0104. The van der Waals surface area contributed by atoms with Crippen LogP contribution in [0.2, 0.25) is 0 Å². The Hall–Kier alpha value is -1.99. The van der Waals surface area contributed by atoms with Crippen molar-refractivity contribution in [1.29, 1.82) is 0 Å². The third-order valence-electron chi connectivity index (χ3n) is 4.32. The lowest BCUT2D eigenvalue weighted by Crippen LogP contribution is -2.27. The number of Topliss-reactive ketones (excluding diaryl/α,β-unsaturated/α-hetero) is 1. The van der Waals surface area contributed by atoms with Crippen LogP contribution in [0.3, 0.4) is 0 Å². The molecule has 0 heterocycles. The van der Waals surface area contributed by atoms with Crippen molar-refractivity contribution < 1.29 is 37.4 Å². The number of ether oxygens (including phenoxy) is 3. The van der Waals surface area contributed by atoms with Crippen molar-refractivity contribution >= 4 is 19.3 Å². The van der Waals surface area contributed by atoms with Gasteiger partial charge in [-0.1, -0.05) is 24.3 Å². The lowest BCUT2D eigenvalue weighted by atomic mass is 9.97. The SMILES string of the molecule is COc1ccc(CO[C@@H](CC=CCOC(=O)C(C)(C)C)C(=O)CP(=O)(OC)OC)cc1. The number of rotatable bonds is 13. The molecule has 174 valence electrons. The maximum Gasteiger partial charge on any atom is 0.337 e. The van der Waals surface area contributed by atoms with Gasteiger partial charge < -0.3 is 23.3 Å². The fourth-order valence-electron chi connectivity index (χ4n) is 2.34. The summed E-state index contributed by atoms with van der Waals surface area (Å²) >= 11 is 0. The second kappa shape index (κ2) is 12.8. The maximum absolute atomic E-state index is 12.7. The zero-order valence-electron chi connectivity index (χ0n) is 19.1. The van der Waals surface area contributed by atoms with E-state index in [1.54, 1.807) is 52.2 Å². The van der Waals surface area contributed by atoms with E-state index in [1.165, 1.54) is 14.2 Å². The smallest absolute Gasteiger partial charge is 0.337 e. The van der Waals surface area contributed by atoms with Crippen LogP contribution in [0.4, 0.5) is 0 Å². The Morgan fingerprint density at radius 1 is 1.03 bits per heavy atom. The van der Waals surface area contributed by atoms with Crippen molar-refractivity contribution in [1.82, 2.24) is 0 Å². The van der Waals surface area contributed by atoms with Gasteiger partial charge in [0.25, 0.3) is 0 Å². The molecule has 0 aliphatic carbocycles. The van der Waals surface area contributed by atoms with Crippen LogP contribution < -0.4 is 4.74 Å². The molecule has 31 heavy (non-hydrogen) atoms. The van der Waals surface area contributed by atoms with E-state index in [1.807, 2.05) is 12.1 Å². The van der Waals surface area contributed by atoms with Crippen molar-refractivity contribution in [2.24, 2.45) is 5.41 Å². The molecule has 0 unspecified atom stereocenters. The van der Waals surface area contributed by atoms with Gasteiger partial charge in [0.1, 0.15) is 24.6 Å². The molecule has 0 aliphatic heterocycles. The highest BCUT2D eigenvalue weighted by Crippen LogP contribution is 2.46. The third-order valence-corrected chi connectivity index (χ3v) is 6.13. The van der Waals surface area contributed by atoms with E-state index >= 15 is 0 Å². The van der Waals surface area contributed by atoms with Crippen LogP contribution in [-0.2, 0) is 39.3 Å². The lowest BCUT2D eigenvalue weighted by Gasteiger charge is -2.19. The number of ketones is 1. The fourth-order valence-corrected chi connectivity index (χ4v) is 3.33. The van der Waals surface area contributed by atoms with E-state index in [-0.39, 0.29) is 25.6 Å². The molecule has 0 aromatic heterocycles. The Labute approximate surface area is 184 Å². The van der Waals surface area contributed by atoms with Crippen LogP contribution in [0.5, 0.6) is 5.75 Å². The third kappa shape index (κ3) is 9.78. The molecule has 1 aromatic carbocycles. The zero-order chi connectivity index (χ0) is 23.5. The summed E-state index contributed by atoms with van der Waals surface area (Å²) in [5.41, 5.74) is 0.262. The van der Waals surface area contributed by atoms with Gasteiger partial charge >= 0.3 is 13.6 Å². The molecule has 9 heteroatoms. The van der Waals surface area contributed by atoms with Crippen LogP contribution in [0.15, 0.2) is 36.4 Å². The molecule has 1 atom stereocenters. The van der Waals surface area contributed by atoms with Gasteiger partial charge in [0.05, 0.1) is 19.1 Å². The van der Waals surface area contributed by atoms with Crippen LogP contribution in [-0.4, -0.2) is 52.0 Å². The highest BCUT2D eigenvalue weighted by Gasteiger charge is 2.30. The van der Waals surface area contributed by atoms with E-state index in [9.17, 15) is 14.2 Å². The molecule has 0 aliphatic rings. The molecular weight excluding hydrogens is 423 g/mol. The van der Waals surface area contributed by atoms with Gasteiger partial charge in [0.2, 0.25) is 0 Å². The highest BCUT2D eigenvalue weighted by atomic mass is 31.2. The van der Waals surface area contributed by atoms with Crippen molar-refractivity contribution in [3.05, 3.63) is 42.0 Å². The minimum Gasteiger partial charge on any atom is -0.497 e. The Morgan fingerprint density at radius 3 is 2.16 bits per heavy atom. The molecular formula is C22H33O8P. The quantitative estimate of drug-likeness (QED) is 0.248. The summed E-state index contributed by atoms with van der Waals surface area (Å²) < 4.78 is 38.2. The Kier molecular flexibility index (Phi) is 11.1. The lowest BCUT2D eigenvalue weighted by molar-refractivity contribution is -0.151. The van der Waals surface area contributed by atoms with Crippen molar-refractivity contribution in [3.8, 4) is 5.75 Å². The van der Waals surface area contributed by atoms with Gasteiger partial charge in [-0.25, -0.2) is 0 Å². The largest absolute Gasteiger partial charge is 0.497 e. The van der Waals surface area contributed by atoms with Gasteiger partial charge in [-0.05, 0) is 44.9 Å². The van der Waals surface area contributed by atoms with E-state index in [2.05, 4.69) is 0 Å². The summed E-state index contributed by atoms with van der Waals surface area (Å²) in [6.07, 6.45) is 2.29. The van der Waals surface area contributed by atoms with Gasteiger partial charge in [-0.2, -0.15) is 0 Å². The molecule has 0 radical (unpaired) electrons. The number of hydrogen-bond donors (Lipinski definition) is 0. The van der Waals surface area contributed by atoms with Crippen molar-refractivity contribution in [2.45, 2.75) is 39.9 Å². The molecule has 0 spiro atoms. The zero-order valence-corrected chi connectivity index (χ0v) is 20.0. The predicted molar refractivity (Wildman–Crippen MR) is 117 cm³/mol. The molecule has 0 amide bonds. The van der Waals surface area contributed by atoms with Gasteiger partial charge in [-0.15, -0.1) is 0 Å². The van der Waals surface area contributed by atoms with Gasteiger partial charge in [-0.3, -0.25) is 14.2 Å². The monoisotopic (exact) mass is 456 g/mol. The van der Waals surface area contributed by atoms with E-state index < -0.39 is 31.1 Å². The average Bonchev–Trinajstić information content (AvgIpc) is 2.74. The summed E-state index contributed by atoms with van der Waals surface area (Å²) in [6, 6.07) is 7.25. The van der Waals surface area contributed by atoms with E-state index in [0.717, 1.165) is 5.56 Å². The molecule has 0 saturated carbocycles. The van der Waals surface area contributed by atoms with Crippen LogP contribution in [0.1, 0.15) is 32.8 Å². The molecule has 0 N–H and O–H groups in total. The Bertz CT molecular complexity index is 772. The van der Waals surface area contributed by atoms with E-state index in [4.69, 9.17) is 23.3 Å². The number of carbonyl (C=O) groups is 2. The van der Waals surface area contributed by atoms with Crippen LogP contribution in [0.25, 0.3) is 0 Å². The summed E-state index contributed by atoms with van der Waals surface area (Å²) in [6.45, 7) is 5.57. The molecule has 1 rings (SSSR count). The average molecular weight is 456 g/mol. The van der Waals surface area contributed by atoms with Crippen molar-refractivity contribution in [3.63, 3.8) is 0 Å². The van der Waals surface area contributed by atoms with Gasteiger partial charge in [0.15, 0.2) is 5.78 Å². The highest BCUT2D eigenvalue weighted by molar-refractivity contribution is 7.54. The Balaban J connectivity index is 2.76. The first-order chi connectivity index (χ1) is 14.5. The van der Waals surface area contributed by atoms with Gasteiger partial charge in [0, 0.05) is 14.2 Å². The van der Waals surface area contributed by atoms with E-state index in [0.29, 0.717) is 5.75 Å². The number of hydrogen-bond acceptors (Lipinski definition) is 8. The number of carbonyl (C=O) groups excluding carboxylic acids is 2. The molecule has 0 fully saturated rings. The molecule has 0 saturated heterocycles. The minimum atomic E-state index is -3.51. The fraction of sp³-hybridized carbons (Fsp3) is 0.545. The number of benzene rings is 1. The first-order valence-corrected chi connectivity index (χ1v) is 11.6. The Morgan fingerprint density at radius 2 is 1.65 bits per heavy atom. The number of esters is 1. The number of methoxy groups -OCH3 is 1. The second-order valence-corrected chi connectivity index (χ2v) is 10.1. The molecule has 0 bridgehead atoms. The van der Waals surface area contributed by atoms with Crippen LogP contribution in [0, 0.1) is 5.41 Å². The van der Waals surface area contributed by atoms with Crippen molar-refractivity contribution in [2.75, 3.05) is 34.1 Å². The standard InChI is InChI=1S/C22H33O8P/c1-22(2,3)21(24)29-14-8-7-9-20(19(23)16-31(25,27-5)28-6)30-15-17-10-12-18(26-4)13-11-17/h7-8,10-13,20H,9,14-16H2,1-6H3/t20-/m0/s1. The second-order valence-electron chi connectivity index (χ2n) is 7.80. The molecule has 1 aromatic rings.